The van der Waals surface area contributed by atoms with Crippen LogP contribution in [-0.4, -0.2) is 71.1 Å². The van der Waals surface area contributed by atoms with Gasteiger partial charge in [0.05, 0.1) is 10.9 Å². The van der Waals surface area contributed by atoms with E-state index in [0.717, 1.165) is 51.6 Å². The van der Waals surface area contributed by atoms with Crippen molar-refractivity contribution in [2.45, 2.75) is 57.4 Å². The molecule has 184 valence electrons. The first-order chi connectivity index (χ1) is 16.3. The van der Waals surface area contributed by atoms with Crippen molar-refractivity contribution < 1.29 is 13.9 Å². The molecule has 2 atom stereocenters. The molecule has 0 aromatic carbocycles. The van der Waals surface area contributed by atoms with Crippen molar-refractivity contribution in [2.24, 2.45) is 5.41 Å². The Kier molecular flexibility index (Phi) is 6.27. The summed E-state index contributed by atoms with van der Waals surface area (Å²) in [4.78, 5) is 29.7. The number of likely N-dealkylation sites (N-methyl/N-ethyl adjacent to an activating group) is 1. The molecule has 3 aliphatic rings. The maximum atomic E-state index is 15.0. The minimum absolute atomic E-state index is 0.0628. The lowest BCUT2D eigenvalue weighted by atomic mass is 9.79. The number of anilines is 1. The lowest BCUT2D eigenvalue weighted by Gasteiger charge is -2.40. The summed E-state index contributed by atoms with van der Waals surface area (Å²) in [5.41, 5.74) is -0.0826. The van der Waals surface area contributed by atoms with Gasteiger partial charge in [0.1, 0.15) is 17.9 Å². The number of halogens is 2. The van der Waals surface area contributed by atoms with Crippen LogP contribution in [0.25, 0.3) is 10.9 Å². The van der Waals surface area contributed by atoms with Crippen LogP contribution in [-0.2, 0) is 4.79 Å². The molecule has 5 rings (SSSR count). The summed E-state index contributed by atoms with van der Waals surface area (Å²) < 4.78 is 21.2. The first kappa shape index (κ1) is 23.5. The number of nitrogens with zero attached hydrogens (tertiary/aromatic N) is 5. The molecular formula is C24H32ClFN6O2. The van der Waals surface area contributed by atoms with Crippen molar-refractivity contribution in [3.63, 3.8) is 0 Å². The zero-order valence-corrected chi connectivity index (χ0v) is 20.6. The van der Waals surface area contributed by atoms with Gasteiger partial charge in [-0.05, 0) is 45.7 Å². The average molecular weight is 491 g/mol. The van der Waals surface area contributed by atoms with E-state index in [4.69, 9.17) is 21.3 Å². The van der Waals surface area contributed by atoms with E-state index < -0.39 is 5.82 Å². The van der Waals surface area contributed by atoms with E-state index in [9.17, 15) is 4.79 Å². The Morgan fingerprint density at radius 1 is 1.26 bits per heavy atom. The monoisotopic (exact) mass is 490 g/mol. The highest BCUT2D eigenvalue weighted by atomic mass is 35.5. The Morgan fingerprint density at radius 3 is 2.79 bits per heavy atom. The van der Waals surface area contributed by atoms with Crippen LogP contribution in [0.15, 0.2) is 6.20 Å². The number of aromatic nitrogens is 3. The number of carbonyl (C=O) groups is 1. The summed E-state index contributed by atoms with van der Waals surface area (Å²) in [6.45, 7) is 5.73. The minimum atomic E-state index is -0.668. The molecule has 3 saturated heterocycles. The molecule has 1 spiro atoms. The van der Waals surface area contributed by atoms with E-state index in [0.29, 0.717) is 37.3 Å². The fraction of sp³-hybridized carbons (Fsp3) is 0.667. The molecule has 2 unspecified atom stereocenters. The van der Waals surface area contributed by atoms with Crippen molar-refractivity contribution in [2.75, 3.05) is 44.7 Å². The second-order valence-electron chi connectivity index (χ2n) is 10.2. The Labute approximate surface area is 204 Å². The van der Waals surface area contributed by atoms with Gasteiger partial charge >= 0.3 is 6.01 Å². The highest BCUT2D eigenvalue weighted by molar-refractivity contribution is 6.30. The molecule has 1 amide bonds. The van der Waals surface area contributed by atoms with Crippen LogP contribution in [0.4, 0.5) is 10.2 Å². The third kappa shape index (κ3) is 4.17. The highest BCUT2D eigenvalue weighted by Crippen LogP contribution is 2.40. The van der Waals surface area contributed by atoms with Gasteiger partial charge in [0.2, 0.25) is 5.91 Å². The fourth-order valence-electron chi connectivity index (χ4n) is 6.04. The van der Waals surface area contributed by atoms with Crippen LogP contribution in [0, 0.1) is 11.2 Å². The Bertz CT molecular complexity index is 1100. The number of carbonyl (C=O) groups excluding carboxylic acids is 1. The van der Waals surface area contributed by atoms with E-state index in [1.807, 2.05) is 0 Å². The standard InChI is InChI=1S/C24H32ClFN6O2/c1-3-6-24(8-5-9-31(24)2)15-34-22-29-19-16(12-27-20(25)18(19)26)21(30-22)32-10-4-7-23(14-32)11-17(33)28-13-23/h12H,3-11,13-15H2,1-2H3,(H,28,33). The van der Waals surface area contributed by atoms with Crippen molar-refractivity contribution in [3.8, 4) is 6.01 Å². The molecule has 0 aliphatic carbocycles. The van der Waals surface area contributed by atoms with Crippen LogP contribution < -0.4 is 15.0 Å². The summed E-state index contributed by atoms with van der Waals surface area (Å²) in [7, 11) is 2.13. The van der Waals surface area contributed by atoms with Gasteiger partial charge in [-0.2, -0.15) is 9.97 Å². The molecule has 0 bridgehead atoms. The number of hydrogen-bond acceptors (Lipinski definition) is 7. The number of hydrogen-bond donors (Lipinski definition) is 1. The van der Waals surface area contributed by atoms with Crippen LogP contribution >= 0.6 is 11.6 Å². The highest BCUT2D eigenvalue weighted by Gasteiger charge is 2.43. The maximum absolute atomic E-state index is 15.0. The van der Waals surface area contributed by atoms with E-state index >= 15 is 4.39 Å². The molecule has 8 nitrogen and oxygen atoms in total. The summed E-state index contributed by atoms with van der Waals surface area (Å²) in [5.74, 6) is 0.00369. The molecule has 0 radical (unpaired) electrons. The van der Waals surface area contributed by atoms with Gasteiger partial charge in [0.25, 0.3) is 0 Å². The summed E-state index contributed by atoms with van der Waals surface area (Å²) >= 11 is 6.00. The third-order valence-electron chi connectivity index (χ3n) is 7.89. The van der Waals surface area contributed by atoms with Crippen molar-refractivity contribution in [1.82, 2.24) is 25.2 Å². The predicted octanol–water partition coefficient (Wildman–Crippen LogP) is 3.57. The van der Waals surface area contributed by atoms with Crippen molar-refractivity contribution in [3.05, 3.63) is 17.2 Å². The number of likely N-dealkylation sites (tertiary alicyclic amines) is 1. The minimum Gasteiger partial charge on any atom is -0.461 e. The van der Waals surface area contributed by atoms with E-state index in [-0.39, 0.29) is 33.5 Å². The van der Waals surface area contributed by atoms with Gasteiger partial charge in [-0.15, -0.1) is 0 Å². The van der Waals surface area contributed by atoms with Crippen LogP contribution in [0.2, 0.25) is 5.15 Å². The van der Waals surface area contributed by atoms with Gasteiger partial charge in [-0.3, -0.25) is 9.69 Å². The number of ether oxygens (including phenoxy) is 1. The normalized spacial score (nSPS) is 27.6. The summed E-state index contributed by atoms with van der Waals surface area (Å²) in [6.07, 6.45) is 8.17. The Hall–Kier alpha value is -2.26. The molecule has 1 N–H and O–H groups in total. The molecule has 0 saturated carbocycles. The van der Waals surface area contributed by atoms with Crippen LogP contribution in [0.1, 0.15) is 51.9 Å². The number of pyridine rings is 1. The maximum Gasteiger partial charge on any atom is 0.319 e. The SMILES string of the molecule is CCCC1(COc2nc(N3CCCC4(CNC(=O)C4)C3)c3cnc(Cl)c(F)c3n2)CCCN1C. The van der Waals surface area contributed by atoms with Crippen molar-refractivity contribution >= 4 is 34.2 Å². The van der Waals surface area contributed by atoms with Crippen LogP contribution in [0.3, 0.4) is 0 Å². The number of nitrogens with one attached hydrogen (secondary N) is 1. The molecule has 2 aromatic heterocycles. The van der Waals surface area contributed by atoms with Crippen molar-refractivity contribution in [1.29, 1.82) is 0 Å². The van der Waals surface area contributed by atoms with Gasteiger partial charge in [0, 0.05) is 37.7 Å². The summed E-state index contributed by atoms with van der Waals surface area (Å²) in [5, 5.41) is 3.26. The molecule has 34 heavy (non-hydrogen) atoms. The first-order valence-corrected chi connectivity index (χ1v) is 12.6. The van der Waals surface area contributed by atoms with E-state index in [1.54, 1.807) is 0 Å². The van der Waals surface area contributed by atoms with Gasteiger partial charge in [-0.1, -0.05) is 24.9 Å². The van der Waals surface area contributed by atoms with E-state index in [1.165, 1.54) is 6.20 Å². The first-order valence-electron chi connectivity index (χ1n) is 12.2. The molecule has 3 aliphatic heterocycles. The average Bonchev–Trinajstić information content (AvgIpc) is 3.36. The second kappa shape index (κ2) is 9.07. The lowest BCUT2D eigenvalue weighted by Crippen LogP contribution is -2.46. The Balaban J connectivity index is 1.50. The Morgan fingerprint density at radius 2 is 2.09 bits per heavy atom. The second-order valence-corrected chi connectivity index (χ2v) is 10.6. The number of amides is 1. The number of piperidine rings is 1. The smallest absolute Gasteiger partial charge is 0.319 e. The van der Waals surface area contributed by atoms with Gasteiger partial charge < -0.3 is 15.0 Å². The largest absolute Gasteiger partial charge is 0.461 e. The number of rotatable bonds is 6. The quantitative estimate of drug-likeness (QED) is 0.620. The zero-order chi connectivity index (χ0) is 23.9. The predicted molar refractivity (Wildman–Crippen MR) is 129 cm³/mol. The number of fused-ring (bicyclic) bond motifs is 1. The molecular weight excluding hydrogens is 459 g/mol. The topological polar surface area (TPSA) is 83.5 Å². The molecule has 3 fully saturated rings. The third-order valence-corrected chi connectivity index (χ3v) is 8.15. The molecule has 2 aromatic rings. The fourth-order valence-corrected chi connectivity index (χ4v) is 6.18. The molecule has 10 heteroatoms. The van der Waals surface area contributed by atoms with Gasteiger partial charge in [-0.25, -0.2) is 9.37 Å². The summed E-state index contributed by atoms with van der Waals surface area (Å²) in [6, 6.07) is 0.152. The zero-order valence-electron chi connectivity index (χ0n) is 19.9. The van der Waals surface area contributed by atoms with E-state index in [2.05, 4.69) is 39.1 Å². The lowest BCUT2D eigenvalue weighted by molar-refractivity contribution is -0.119. The molecule has 5 heterocycles. The van der Waals surface area contributed by atoms with Crippen LogP contribution in [0.5, 0.6) is 6.01 Å². The van der Waals surface area contributed by atoms with Gasteiger partial charge in [0.15, 0.2) is 11.0 Å².